The molecule has 6 aliphatic carbocycles. The quantitative estimate of drug-likeness (QED) is 0.577. The van der Waals surface area contributed by atoms with Crippen molar-refractivity contribution in [3.63, 3.8) is 0 Å². The number of hydrogen-bond acceptors (Lipinski definition) is 5. The SMILES string of the molecule is CCN1C[C@@]2(C)C3C[C@H]4C1[C@]3(CC[C@H]2O)C1C[C@@H]2CC[C@@]14[C@H](O)[C@]2(O)CO. The number of aliphatic hydroxyl groups excluding tert-OH is 3. The van der Waals surface area contributed by atoms with Crippen LogP contribution in [0.3, 0.4) is 0 Å². The molecule has 0 radical (unpaired) electrons. The Bertz CT molecular complexity index is 687. The van der Waals surface area contributed by atoms with E-state index < -0.39 is 11.7 Å². The van der Waals surface area contributed by atoms with E-state index in [-0.39, 0.29) is 34.9 Å². The molecule has 1 aliphatic heterocycles. The summed E-state index contributed by atoms with van der Waals surface area (Å²) in [7, 11) is 0. The highest BCUT2D eigenvalue weighted by Gasteiger charge is 2.85. The zero-order valence-corrected chi connectivity index (χ0v) is 16.6. The van der Waals surface area contributed by atoms with E-state index in [0.717, 1.165) is 51.6 Å². The zero-order chi connectivity index (χ0) is 19.0. The van der Waals surface area contributed by atoms with Gasteiger partial charge in [0.15, 0.2) is 0 Å². The molecular formula is C22H35NO4. The van der Waals surface area contributed by atoms with E-state index in [4.69, 9.17) is 0 Å². The number of piperidine rings is 1. The van der Waals surface area contributed by atoms with Gasteiger partial charge in [-0.05, 0) is 74.2 Å². The normalized spacial score (nSPS) is 66.2. The predicted molar refractivity (Wildman–Crippen MR) is 99.7 cm³/mol. The Morgan fingerprint density at radius 3 is 2.48 bits per heavy atom. The van der Waals surface area contributed by atoms with E-state index in [0.29, 0.717) is 23.8 Å². The number of nitrogens with zero attached hydrogens (tertiary/aromatic N) is 1. The second-order valence-corrected chi connectivity index (χ2v) is 11.3. The van der Waals surface area contributed by atoms with Crippen molar-refractivity contribution < 1.29 is 20.4 Å². The maximum absolute atomic E-state index is 11.5. The van der Waals surface area contributed by atoms with Crippen LogP contribution in [0.25, 0.3) is 0 Å². The van der Waals surface area contributed by atoms with Crippen molar-refractivity contribution in [2.45, 2.75) is 76.2 Å². The minimum atomic E-state index is -1.32. The third-order valence-electron chi connectivity index (χ3n) is 11.2. The van der Waals surface area contributed by atoms with Gasteiger partial charge in [0.05, 0.1) is 18.8 Å². The first-order chi connectivity index (χ1) is 12.8. The second-order valence-electron chi connectivity index (χ2n) is 11.3. The first-order valence-corrected chi connectivity index (χ1v) is 11.2. The van der Waals surface area contributed by atoms with Crippen LogP contribution >= 0.6 is 0 Å². The summed E-state index contributed by atoms with van der Waals surface area (Å²) in [5.41, 5.74) is -1.42. The molecule has 5 nitrogen and oxygen atoms in total. The molecule has 1 heterocycles. The van der Waals surface area contributed by atoms with Gasteiger partial charge in [-0.15, -0.1) is 0 Å². The van der Waals surface area contributed by atoms with Gasteiger partial charge >= 0.3 is 0 Å². The fourth-order valence-electron chi connectivity index (χ4n) is 10.4. The fourth-order valence-corrected chi connectivity index (χ4v) is 10.4. The minimum absolute atomic E-state index is 0.00649. The molecule has 0 amide bonds. The standard InChI is InChI=1S/C22H35NO4/c1-3-23-10-19(2)14-9-13-17(23)21(14,7-5-16(19)25)15-8-12-4-6-20(13,15)18(26)22(12,27)11-24/h12-18,24-27H,3-11H2,1-2H3/t12-,13-,14?,15?,16+,17?,18-,19-,20-,21-,22-/m0/s1. The van der Waals surface area contributed by atoms with Crippen LogP contribution in [-0.2, 0) is 0 Å². The van der Waals surface area contributed by atoms with Crippen LogP contribution in [0.1, 0.15) is 52.4 Å². The number of fused-ring (bicyclic) bond motifs is 2. The van der Waals surface area contributed by atoms with Gasteiger partial charge in [0, 0.05) is 23.4 Å². The Morgan fingerprint density at radius 1 is 1.04 bits per heavy atom. The molecule has 0 aromatic rings. The van der Waals surface area contributed by atoms with Gasteiger partial charge in [-0.1, -0.05) is 13.8 Å². The molecule has 7 bridgehead atoms. The van der Waals surface area contributed by atoms with Crippen LogP contribution in [0.2, 0.25) is 0 Å². The third kappa shape index (κ3) is 1.53. The van der Waals surface area contributed by atoms with Crippen LogP contribution in [0.15, 0.2) is 0 Å². The number of aliphatic hydroxyl groups is 4. The summed E-state index contributed by atoms with van der Waals surface area (Å²) in [4.78, 5) is 2.63. The van der Waals surface area contributed by atoms with Crippen molar-refractivity contribution >= 4 is 0 Å². The summed E-state index contributed by atoms with van der Waals surface area (Å²) in [6.07, 6.45) is 4.86. The van der Waals surface area contributed by atoms with Gasteiger partial charge in [0.2, 0.25) is 0 Å². The molecule has 7 aliphatic rings. The van der Waals surface area contributed by atoms with Gasteiger partial charge < -0.3 is 20.4 Å². The van der Waals surface area contributed by atoms with E-state index in [1.807, 2.05) is 0 Å². The monoisotopic (exact) mass is 377 g/mol. The molecule has 7 fully saturated rings. The van der Waals surface area contributed by atoms with Gasteiger partial charge in [-0.3, -0.25) is 4.90 Å². The van der Waals surface area contributed by atoms with Crippen LogP contribution in [-0.4, -0.2) is 68.9 Å². The molecule has 5 heteroatoms. The Morgan fingerprint density at radius 2 is 1.78 bits per heavy atom. The molecule has 7 rings (SSSR count). The molecule has 2 spiro atoms. The van der Waals surface area contributed by atoms with Gasteiger partial charge in [-0.25, -0.2) is 0 Å². The van der Waals surface area contributed by atoms with Crippen molar-refractivity contribution in [2.75, 3.05) is 19.7 Å². The van der Waals surface area contributed by atoms with Gasteiger partial charge in [0.1, 0.15) is 5.60 Å². The van der Waals surface area contributed by atoms with Crippen molar-refractivity contribution in [3.05, 3.63) is 0 Å². The Balaban J connectivity index is 1.55. The minimum Gasteiger partial charge on any atom is -0.393 e. The highest BCUT2D eigenvalue weighted by molar-refractivity contribution is 5.34. The number of likely N-dealkylation sites (tertiary alicyclic amines) is 1. The lowest BCUT2D eigenvalue weighted by Gasteiger charge is -2.69. The topological polar surface area (TPSA) is 84.2 Å². The molecule has 0 aromatic heterocycles. The first-order valence-electron chi connectivity index (χ1n) is 11.2. The van der Waals surface area contributed by atoms with E-state index in [1.165, 1.54) is 0 Å². The molecule has 3 unspecified atom stereocenters. The second kappa shape index (κ2) is 4.92. The summed E-state index contributed by atoms with van der Waals surface area (Å²) in [6.45, 7) is 6.18. The molecule has 27 heavy (non-hydrogen) atoms. The Labute approximate surface area is 161 Å². The summed E-state index contributed by atoms with van der Waals surface area (Å²) in [6, 6.07) is 0.479. The molecular weight excluding hydrogens is 342 g/mol. The van der Waals surface area contributed by atoms with Crippen molar-refractivity contribution in [1.82, 2.24) is 4.90 Å². The van der Waals surface area contributed by atoms with Crippen LogP contribution in [0.5, 0.6) is 0 Å². The smallest absolute Gasteiger partial charge is 0.117 e. The van der Waals surface area contributed by atoms with E-state index in [1.54, 1.807) is 0 Å². The van der Waals surface area contributed by atoms with E-state index in [9.17, 15) is 20.4 Å². The van der Waals surface area contributed by atoms with Crippen LogP contribution < -0.4 is 0 Å². The van der Waals surface area contributed by atoms with Crippen molar-refractivity contribution in [1.29, 1.82) is 0 Å². The fraction of sp³-hybridized carbons (Fsp3) is 1.00. The number of rotatable bonds is 2. The highest BCUT2D eigenvalue weighted by Crippen LogP contribution is 2.83. The van der Waals surface area contributed by atoms with Crippen LogP contribution in [0.4, 0.5) is 0 Å². The highest BCUT2D eigenvalue weighted by atomic mass is 16.4. The average Bonchev–Trinajstić information content (AvgIpc) is 3.09. The Kier molecular flexibility index (Phi) is 3.21. The third-order valence-corrected chi connectivity index (χ3v) is 11.2. The zero-order valence-electron chi connectivity index (χ0n) is 16.6. The average molecular weight is 378 g/mol. The van der Waals surface area contributed by atoms with Gasteiger partial charge in [-0.2, -0.15) is 0 Å². The lowest BCUT2D eigenvalue weighted by atomic mass is 9.38. The summed E-state index contributed by atoms with van der Waals surface area (Å²) >= 11 is 0. The molecule has 152 valence electrons. The van der Waals surface area contributed by atoms with E-state index >= 15 is 0 Å². The Hall–Kier alpha value is -0.200. The van der Waals surface area contributed by atoms with Crippen molar-refractivity contribution in [3.8, 4) is 0 Å². The molecule has 11 atom stereocenters. The molecule has 4 N–H and O–H groups in total. The lowest BCUT2D eigenvalue weighted by molar-refractivity contribution is -0.292. The molecule has 0 aromatic carbocycles. The predicted octanol–water partition coefficient (Wildman–Crippen LogP) is 0.988. The number of hydrogen-bond donors (Lipinski definition) is 4. The molecule has 6 saturated carbocycles. The van der Waals surface area contributed by atoms with Crippen LogP contribution in [0, 0.1) is 39.9 Å². The molecule has 1 saturated heterocycles. The van der Waals surface area contributed by atoms with E-state index in [2.05, 4.69) is 18.7 Å². The first kappa shape index (κ1) is 17.6. The van der Waals surface area contributed by atoms with Gasteiger partial charge in [0.25, 0.3) is 0 Å². The summed E-state index contributed by atoms with van der Waals surface area (Å²) < 4.78 is 0. The summed E-state index contributed by atoms with van der Waals surface area (Å²) in [5, 5.41) is 43.7. The lowest BCUT2D eigenvalue weighted by Crippen LogP contribution is -2.73. The maximum Gasteiger partial charge on any atom is 0.117 e. The summed E-state index contributed by atoms with van der Waals surface area (Å²) in [5.74, 6) is 1.36. The largest absolute Gasteiger partial charge is 0.393 e. The van der Waals surface area contributed by atoms with Crippen molar-refractivity contribution in [2.24, 2.45) is 39.9 Å². The maximum atomic E-state index is 11.5.